The van der Waals surface area contributed by atoms with Crippen molar-refractivity contribution in [3.05, 3.63) is 54.0 Å². The molecule has 136 valence electrons. The molecule has 1 aromatic heterocycles. The van der Waals surface area contributed by atoms with Crippen molar-refractivity contribution in [1.82, 2.24) is 4.90 Å². The molecule has 0 aliphatic carbocycles. The second kappa shape index (κ2) is 7.86. The number of amides is 2. The normalized spacial score (nSPS) is 16.6. The average molecular weight is 356 g/mol. The Morgan fingerprint density at radius 3 is 2.73 bits per heavy atom. The zero-order valence-electron chi connectivity index (χ0n) is 14.4. The lowest BCUT2D eigenvalue weighted by atomic mass is 10.1. The van der Waals surface area contributed by atoms with Gasteiger partial charge < -0.3 is 19.4 Å². The Hall–Kier alpha value is -3.09. The van der Waals surface area contributed by atoms with Crippen LogP contribution < -0.4 is 5.32 Å². The summed E-state index contributed by atoms with van der Waals surface area (Å²) < 4.78 is 10.3. The topological polar surface area (TPSA) is 88.8 Å². The van der Waals surface area contributed by atoms with Gasteiger partial charge in [-0.2, -0.15) is 0 Å². The summed E-state index contributed by atoms with van der Waals surface area (Å²) in [5, 5.41) is 2.66. The zero-order valence-corrected chi connectivity index (χ0v) is 14.4. The third kappa shape index (κ3) is 4.50. The van der Waals surface area contributed by atoms with E-state index in [1.807, 2.05) is 19.1 Å². The molecular weight excluding hydrogens is 336 g/mol. The van der Waals surface area contributed by atoms with Crippen molar-refractivity contribution < 1.29 is 23.5 Å². The van der Waals surface area contributed by atoms with Crippen LogP contribution in [0.5, 0.6) is 0 Å². The van der Waals surface area contributed by atoms with E-state index in [4.69, 9.17) is 9.15 Å². The van der Waals surface area contributed by atoms with Gasteiger partial charge >= 0.3 is 5.97 Å². The highest BCUT2D eigenvalue weighted by Crippen LogP contribution is 2.21. The Kier molecular flexibility index (Phi) is 5.36. The number of carbonyl (C=O) groups excluding carboxylic acids is 3. The summed E-state index contributed by atoms with van der Waals surface area (Å²) in [6.07, 6.45) is 1.62. The number of benzene rings is 1. The highest BCUT2D eigenvalue weighted by Gasteiger charge is 2.35. The van der Waals surface area contributed by atoms with E-state index in [0.29, 0.717) is 18.0 Å². The maximum Gasteiger partial charge on any atom is 0.311 e. The summed E-state index contributed by atoms with van der Waals surface area (Å²) >= 11 is 0. The Balaban J connectivity index is 1.45. The lowest BCUT2D eigenvalue weighted by Crippen LogP contribution is -2.28. The minimum Gasteiger partial charge on any atom is -0.467 e. The molecule has 7 nitrogen and oxygen atoms in total. The quantitative estimate of drug-likeness (QED) is 0.801. The molecule has 7 heteroatoms. The number of aryl methyl sites for hydroxylation is 1. The van der Waals surface area contributed by atoms with Gasteiger partial charge in [0.15, 0.2) is 6.61 Å². The average Bonchev–Trinajstić information content (AvgIpc) is 3.25. The monoisotopic (exact) mass is 356 g/mol. The van der Waals surface area contributed by atoms with E-state index in [1.54, 1.807) is 29.2 Å². The van der Waals surface area contributed by atoms with Crippen molar-refractivity contribution in [2.75, 3.05) is 18.5 Å². The maximum absolute atomic E-state index is 12.1. The number of rotatable bonds is 6. The number of ether oxygens (including phenoxy) is 1. The van der Waals surface area contributed by atoms with E-state index in [0.717, 1.165) is 5.56 Å². The van der Waals surface area contributed by atoms with Crippen LogP contribution in [0.4, 0.5) is 5.69 Å². The smallest absolute Gasteiger partial charge is 0.311 e. The largest absolute Gasteiger partial charge is 0.467 e. The number of carbonyl (C=O) groups is 3. The van der Waals surface area contributed by atoms with E-state index >= 15 is 0 Å². The fraction of sp³-hybridized carbons (Fsp3) is 0.316. The molecule has 1 atom stereocenters. The predicted octanol–water partition coefficient (Wildman–Crippen LogP) is 2.12. The number of nitrogens with zero attached hydrogens (tertiary/aromatic N) is 1. The van der Waals surface area contributed by atoms with Crippen LogP contribution in [0.2, 0.25) is 0 Å². The number of hydrogen-bond acceptors (Lipinski definition) is 5. The number of furan rings is 1. The zero-order chi connectivity index (χ0) is 18.5. The lowest BCUT2D eigenvalue weighted by Gasteiger charge is -2.14. The first-order chi connectivity index (χ1) is 12.5. The molecule has 0 radical (unpaired) electrons. The van der Waals surface area contributed by atoms with Gasteiger partial charge in [0.2, 0.25) is 5.91 Å². The number of esters is 1. The molecule has 3 rings (SSSR count). The van der Waals surface area contributed by atoms with Crippen molar-refractivity contribution in [2.24, 2.45) is 5.92 Å². The van der Waals surface area contributed by atoms with Crippen LogP contribution in [0.15, 0.2) is 47.1 Å². The molecule has 2 heterocycles. The second-order valence-corrected chi connectivity index (χ2v) is 6.28. The summed E-state index contributed by atoms with van der Waals surface area (Å²) in [4.78, 5) is 37.6. The molecule has 1 aromatic carbocycles. The van der Waals surface area contributed by atoms with E-state index < -0.39 is 17.8 Å². The van der Waals surface area contributed by atoms with Gasteiger partial charge in [0.05, 0.1) is 18.7 Å². The molecule has 1 aliphatic rings. The van der Waals surface area contributed by atoms with Gasteiger partial charge in [0.1, 0.15) is 5.76 Å². The van der Waals surface area contributed by atoms with Crippen LogP contribution in [-0.2, 0) is 25.7 Å². The first-order valence-electron chi connectivity index (χ1n) is 8.34. The molecule has 0 unspecified atom stereocenters. The van der Waals surface area contributed by atoms with Crippen molar-refractivity contribution in [1.29, 1.82) is 0 Å². The van der Waals surface area contributed by atoms with Gasteiger partial charge in [-0.25, -0.2) is 0 Å². The Morgan fingerprint density at radius 2 is 2.04 bits per heavy atom. The van der Waals surface area contributed by atoms with Crippen molar-refractivity contribution in [3.8, 4) is 0 Å². The maximum atomic E-state index is 12.1. The molecule has 0 bridgehead atoms. The summed E-state index contributed by atoms with van der Waals surface area (Å²) in [6, 6.07) is 10.8. The van der Waals surface area contributed by atoms with Crippen LogP contribution >= 0.6 is 0 Å². The third-order valence-corrected chi connectivity index (χ3v) is 4.16. The fourth-order valence-electron chi connectivity index (χ4n) is 2.76. The first kappa shape index (κ1) is 17.7. The summed E-state index contributed by atoms with van der Waals surface area (Å²) in [5.41, 5.74) is 1.72. The third-order valence-electron chi connectivity index (χ3n) is 4.16. The highest BCUT2D eigenvalue weighted by molar-refractivity contribution is 5.93. The minimum atomic E-state index is -0.565. The molecule has 1 saturated heterocycles. The van der Waals surface area contributed by atoms with Gasteiger partial charge in [0.25, 0.3) is 5.91 Å². The number of anilines is 1. The summed E-state index contributed by atoms with van der Waals surface area (Å²) in [6.45, 7) is 2.16. The van der Waals surface area contributed by atoms with Crippen molar-refractivity contribution in [2.45, 2.75) is 19.9 Å². The molecule has 1 aliphatic heterocycles. The Morgan fingerprint density at radius 1 is 1.27 bits per heavy atom. The lowest BCUT2D eigenvalue weighted by molar-refractivity contribution is -0.151. The number of likely N-dealkylation sites (tertiary alicyclic amines) is 1. The predicted molar refractivity (Wildman–Crippen MR) is 93.0 cm³/mol. The highest BCUT2D eigenvalue weighted by atomic mass is 16.5. The standard InChI is InChI=1S/C19H20N2O5/c1-13-4-6-15(7-5-13)20-17(22)12-26-19(24)14-9-18(23)21(10-14)11-16-3-2-8-25-16/h2-8,14H,9-12H2,1H3,(H,20,22)/t14-/m0/s1. The van der Waals surface area contributed by atoms with Crippen LogP contribution in [0.25, 0.3) is 0 Å². The molecular formula is C19H20N2O5. The molecule has 0 spiro atoms. The van der Waals surface area contributed by atoms with Crippen LogP contribution in [0.1, 0.15) is 17.7 Å². The van der Waals surface area contributed by atoms with E-state index in [2.05, 4.69) is 5.32 Å². The Labute approximate surface area is 150 Å². The molecule has 26 heavy (non-hydrogen) atoms. The van der Waals surface area contributed by atoms with Gasteiger partial charge in [-0.05, 0) is 31.2 Å². The molecule has 1 N–H and O–H groups in total. The Bertz CT molecular complexity index is 783. The van der Waals surface area contributed by atoms with Crippen LogP contribution in [0, 0.1) is 12.8 Å². The minimum absolute atomic E-state index is 0.0825. The van der Waals surface area contributed by atoms with E-state index in [9.17, 15) is 14.4 Å². The molecule has 2 amide bonds. The second-order valence-electron chi connectivity index (χ2n) is 6.28. The van der Waals surface area contributed by atoms with Gasteiger partial charge in [-0.15, -0.1) is 0 Å². The molecule has 1 fully saturated rings. The van der Waals surface area contributed by atoms with Crippen molar-refractivity contribution >= 4 is 23.5 Å². The summed E-state index contributed by atoms with van der Waals surface area (Å²) in [7, 11) is 0. The number of hydrogen-bond donors (Lipinski definition) is 1. The molecule has 0 saturated carbocycles. The van der Waals surface area contributed by atoms with Gasteiger partial charge in [-0.1, -0.05) is 17.7 Å². The van der Waals surface area contributed by atoms with Gasteiger partial charge in [0, 0.05) is 18.7 Å². The molecule has 2 aromatic rings. The first-order valence-corrected chi connectivity index (χ1v) is 8.34. The van der Waals surface area contributed by atoms with Gasteiger partial charge in [-0.3, -0.25) is 14.4 Å². The van der Waals surface area contributed by atoms with Crippen LogP contribution in [0.3, 0.4) is 0 Å². The SMILES string of the molecule is Cc1ccc(NC(=O)COC(=O)[C@H]2CC(=O)N(Cc3ccco3)C2)cc1. The summed E-state index contributed by atoms with van der Waals surface area (Å²) in [5.74, 6) is -1.000. The van der Waals surface area contributed by atoms with Crippen LogP contribution in [-0.4, -0.2) is 35.8 Å². The van der Waals surface area contributed by atoms with E-state index in [1.165, 1.54) is 6.26 Å². The number of nitrogens with one attached hydrogen (secondary N) is 1. The fourth-order valence-corrected chi connectivity index (χ4v) is 2.76. The van der Waals surface area contributed by atoms with E-state index in [-0.39, 0.29) is 25.5 Å². The van der Waals surface area contributed by atoms with Crippen molar-refractivity contribution in [3.63, 3.8) is 0 Å².